The van der Waals surface area contributed by atoms with Crippen LogP contribution >= 0.6 is 15.9 Å². The summed E-state index contributed by atoms with van der Waals surface area (Å²) in [5, 5.41) is 3.23. The third kappa shape index (κ3) is 3.83. The number of ether oxygens (including phenoxy) is 1. The molecule has 0 saturated carbocycles. The first-order valence-corrected chi connectivity index (χ1v) is 7.95. The third-order valence-electron chi connectivity index (χ3n) is 3.51. The maximum atomic E-state index is 5.99. The molecule has 1 N–H and O–H groups in total. The van der Waals surface area contributed by atoms with Crippen molar-refractivity contribution >= 4 is 15.9 Å². The van der Waals surface area contributed by atoms with Crippen molar-refractivity contribution in [2.24, 2.45) is 0 Å². The molecule has 0 amide bonds. The number of nitrogens with zero attached hydrogens (tertiary/aromatic N) is 1. The molecule has 3 nitrogen and oxygen atoms in total. The molecule has 0 fully saturated rings. The van der Waals surface area contributed by atoms with Crippen molar-refractivity contribution in [3.8, 4) is 11.5 Å². The minimum Gasteiger partial charge on any atom is -0.455 e. The van der Waals surface area contributed by atoms with Gasteiger partial charge in [0.2, 0.25) is 0 Å². The molecule has 4 heteroatoms. The van der Waals surface area contributed by atoms with Crippen LogP contribution in [0.5, 0.6) is 11.5 Å². The highest BCUT2D eigenvalue weighted by Gasteiger charge is 2.10. The van der Waals surface area contributed by atoms with E-state index in [1.807, 2.05) is 38.2 Å². The Balaban J connectivity index is 2.26. The number of nitrogens with one attached hydrogen (secondary N) is 1. The van der Waals surface area contributed by atoms with Gasteiger partial charge in [-0.05, 0) is 57.1 Å². The molecular formula is C17H21BrN2O. The van der Waals surface area contributed by atoms with E-state index in [0.717, 1.165) is 33.8 Å². The highest BCUT2D eigenvalue weighted by molar-refractivity contribution is 9.10. The highest BCUT2D eigenvalue weighted by Crippen LogP contribution is 2.31. The Labute approximate surface area is 134 Å². The van der Waals surface area contributed by atoms with Gasteiger partial charge in [0, 0.05) is 16.2 Å². The van der Waals surface area contributed by atoms with Crippen molar-refractivity contribution in [2.45, 2.75) is 33.2 Å². The first-order chi connectivity index (χ1) is 10.0. The molecule has 1 heterocycles. The molecule has 2 rings (SSSR count). The number of pyridine rings is 1. The number of hydrogen-bond acceptors (Lipinski definition) is 3. The van der Waals surface area contributed by atoms with E-state index in [0.29, 0.717) is 6.04 Å². The lowest BCUT2D eigenvalue weighted by Gasteiger charge is -2.15. The van der Waals surface area contributed by atoms with Crippen molar-refractivity contribution in [1.29, 1.82) is 0 Å². The van der Waals surface area contributed by atoms with Crippen LogP contribution in [-0.2, 0) is 6.42 Å². The summed E-state index contributed by atoms with van der Waals surface area (Å²) in [6, 6.07) is 10.3. The fourth-order valence-corrected chi connectivity index (χ4v) is 2.85. The van der Waals surface area contributed by atoms with Gasteiger partial charge in [-0.1, -0.05) is 28.9 Å². The lowest BCUT2D eigenvalue weighted by Crippen LogP contribution is -2.12. The molecule has 0 bridgehead atoms. The maximum Gasteiger partial charge on any atom is 0.148 e. The van der Waals surface area contributed by atoms with Crippen LogP contribution in [0, 0.1) is 6.92 Å². The third-order valence-corrected chi connectivity index (χ3v) is 4.19. The molecular weight excluding hydrogens is 328 g/mol. The number of hydrogen-bond donors (Lipinski definition) is 1. The fourth-order valence-electron chi connectivity index (χ4n) is 2.15. The zero-order valence-corrected chi connectivity index (χ0v) is 14.5. The number of aryl methyl sites for hydroxylation is 2. The lowest BCUT2D eigenvalue weighted by atomic mass is 10.1. The number of rotatable bonds is 5. The summed E-state index contributed by atoms with van der Waals surface area (Å²) in [4.78, 5) is 4.52. The van der Waals surface area contributed by atoms with Crippen LogP contribution in [0.2, 0.25) is 0 Å². The smallest absolute Gasteiger partial charge is 0.148 e. The minimum atomic E-state index is 0.292. The molecule has 21 heavy (non-hydrogen) atoms. The van der Waals surface area contributed by atoms with E-state index in [4.69, 9.17) is 4.74 Å². The quantitative estimate of drug-likeness (QED) is 0.843. The first-order valence-electron chi connectivity index (χ1n) is 7.16. The highest BCUT2D eigenvalue weighted by atomic mass is 79.9. The van der Waals surface area contributed by atoms with Gasteiger partial charge in [-0.2, -0.15) is 0 Å². The summed E-state index contributed by atoms with van der Waals surface area (Å²) in [5.41, 5.74) is 3.21. The molecule has 1 unspecified atom stereocenters. The van der Waals surface area contributed by atoms with E-state index in [2.05, 4.69) is 46.1 Å². The molecule has 0 spiro atoms. The van der Waals surface area contributed by atoms with Crippen molar-refractivity contribution in [3.63, 3.8) is 0 Å². The van der Waals surface area contributed by atoms with Crippen LogP contribution in [-0.4, -0.2) is 12.0 Å². The van der Waals surface area contributed by atoms with E-state index in [-0.39, 0.29) is 0 Å². The van der Waals surface area contributed by atoms with Crippen LogP contribution in [0.3, 0.4) is 0 Å². The molecule has 112 valence electrons. The largest absolute Gasteiger partial charge is 0.455 e. The second kappa shape index (κ2) is 7.05. The molecule has 0 aliphatic heterocycles. The molecule has 0 aliphatic rings. The molecule has 0 saturated heterocycles. The summed E-state index contributed by atoms with van der Waals surface area (Å²) in [5.74, 6) is 1.64. The summed E-state index contributed by atoms with van der Waals surface area (Å²) >= 11 is 3.61. The topological polar surface area (TPSA) is 34.1 Å². The van der Waals surface area contributed by atoms with Crippen molar-refractivity contribution in [1.82, 2.24) is 10.3 Å². The standard InChI is InChI=1S/C17H21BrN2O/c1-5-16-17(9-6-11(2)20-16)21-13-7-8-14(12(3)19-4)15(18)10-13/h6-10,12,19H,5H2,1-4H3. The van der Waals surface area contributed by atoms with Gasteiger partial charge in [-0.3, -0.25) is 4.98 Å². The van der Waals surface area contributed by atoms with Gasteiger partial charge >= 0.3 is 0 Å². The summed E-state index contributed by atoms with van der Waals surface area (Å²) in [6.45, 7) is 6.20. The van der Waals surface area contributed by atoms with E-state index in [1.165, 1.54) is 5.56 Å². The average molecular weight is 349 g/mol. The van der Waals surface area contributed by atoms with Crippen molar-refractivity contribution < 1.29 is 4.74 Å². The zero-order chi connectivity index (χ0) is 15.4. The van der Waals surface area contributed by atoms with Crippen molar-refractivity contribution in [2.75, 3.05) is 7.05 Å². The Bertz CT molecular complexity index is 628. The molecule has 1 aromatic carbocycles. The normalized spacial score (nSPS) is 12.2. The Morgan fingerprint density at radius 2 is 2.05 bits per heavy atom. The molecule has 2 aromatic rings. The molecule has 1 aromatic heterocycles. The van der Waals surface area contributed by atoms with Crippen LogP contribution in [0.1, 0.15) is 36.8 Å². The summed E-state index contributed by atoms with van der Waals surface area (Å²) < 4.78 is 7.03. The number of benzene rings is 1. The van der Waals surface area contributed by atoms with Gasteiger partial charge in [0.1, 0.15) is 11.5 Å². The van der Waals surface area contributed by atoms with Gasteiger partial charge < -0.3 is 10.1 Å². The Morgan fingerprint density at radius 3 is 2.67 bits per heavy atom. The van der Waals surface area contributed by atoms with E-state index in [1.54, 1.807) is 0 Å². The number of aromatic nitrogens is 1. The second-order valence-corrected chi connectivity index (χ2v) is 5.90. The summed E-state index contributed by atoms with van der Waals surface area (Å²) in [7, 11) is 1.95. The van der Waals surface area contributed by atoms with Gasteiger partial charge in [0.25, 0.3) is 0 Å². The van der Waals surface area contributed by atoms with Gasteiger partial charge in [-0.25, -0.2) is 0 Å². The van der Waals surface area contributed by atoms with Crippen LogP contribution in [0.25, 0.3) is 0 Å². The van der Waals surface area contributed by atoms with Crippen LogP contribution < -0.4 is 10.1 Å². The SMILES string of the molecule is CCc1nc(C)ccc1Oc1ccc(C(C)NC)c(Br)c1. The molecule has 0 aliphatic carbocycles. The second-order valence-electron chi connectivity index (χ2n) is 5.05. The number of halogens is 1. The predicted octanol–water partition coefficient (Wildman–Crippen LogP) is 4.79. The minimum absolute atomic E-state index is 0.292. The first kappa shape index (κ1) is 16.0. The fraction of sp³-hybridized carbons (Fsp3) is 0.353. The lowest BCUT2D eigenvalue weighted by molar-refractivity contribution is 0.472. The Morgan fingerprint density at radius 1 is 1.29 bits per heavy atom. The van der Waals surface area contributed by atoms with E-state index >= 15 is 0 Å². The van der Waals surface area contributed by atoms with E-state index in [9.17, 15) is 0 Å². The predicted molar refractivity (Wildman–Crippen MR) is 90.0 cm³/mol. The van der Waals surface area contributed by atoms with Gasteiger partial charge in [0.15, 0.2) is 0 Å². The monoisotopic (exact) mass is 348 g/mol. The molecule has 0 radical (unpaired) electrons. The van der Waals surface area contributed by atoms with Crippen molar-refractivity contribution in [3.05, 3.63) is 51.8 Å². The van der Waals surface area contributed by atoms with Crippen LogP contribution in [0.4, 0.5) is 0 Å². The Hall–Kier alpha value is -1.39. The van der Waals surface area contributed by atoms with E-state index < -0.39 is 0 Å². The summed E-state index contributed by atoms with van der Waals surface area (Å²) in [6.07, 6.45) is 0.854. The van der Waals surface area contributed by atoms with Gasteiger partial charge in [-0.15, -0.1) is 0 Å². The van der Waals surface area contributed by atoms with Crippen LogP contribution in [0.15, 0.2) is 34.8 Å². The average Bonchev–Trinajstić information content (AvgIpc) is 2.48. The maximum absolute atomic E-state index is 5.99. The zero-order valence-electron chi connectivity index (χ0n) is 12.9. The van der Waals surface area contributed by atoms with Gasteiger partial charge in [0.05, 0.1) is 5.69 Å². The molecule has 1 atom stereocenters. The Kier molecular flexibility index (Phi) is 5.37.